The molecule has 0 amide bonds. The number of hydrogen-bond donors (Lipinski definition) is 1. The minimum Gasteiger partial charge on any atom is -0.493 e. The van der Waals surface area contributed by atoms with Gasteiger partial charge in [-0.15, -0.1) is 0 Å². The molecule has 0 spiro atoms. The average Bonchev–Trinajstić information content (AvgIpc) is 2.52. The van der Waals surface area contributed by atoms with Crippen LogP contribution in [-0.4, -0.2) is 22.7 Å². The minimum absolute atomic E-state index is 0.234. The van der Waals surface area contributed by atoms with Gasteiger partial charge >= 0.3 is 5.97 Å². The molecular formula is C18H19NO3. The van der Waals surface area contributed by atoms with Gasteiger partial charge in [-0.3, -0.25) is 4.98 Å². The molecule has 2 rings (SSSR count). The molecule has 2 aromatic rings. The number of aryl methyl sites for hydroxylation is 1. The highest BCUT2D eigenvalue weighted by Gasteiger charge is 2.12. The van der Waals surface area contributed by atoms with Crippen LogP contribution in [0.3, 0.4) is 0 Å². The second-order valence-electron chi connectivity index (χ2n) is 4.98. The van der Waals surface area contributed by atoms with Crippen LogP contribution in [0.2, 0.25) is 0 Å². The van der Waals surface area contributed by atoms with Crippen LogP contribution in [0.15, 0.2) is 42.7 Å². The Balaban J connectivity index is 2.36. The van der Waals surface area contributed by atoms with Crippen LogP contribution in [0.5, 0.6) is 5.75 Å². The largest absolute Gasteiger partial charge is 0.493 e. The Bertz CT molecular complexity index is 678. The third-order valence-corrected chi connectivity index (χ3v) is 3.17. The fraction of sp³-hybridized carbons (Fsp3) is 0.222. The van der Waals surface area contributed by atoms with Gasteiger partial charge in [-0.25, -0.2) is 4.79 Å². The molecule has 0 aliphatic carbocycles. The zero-order chi connectivity index (χ0) is 15.9. The lowest BCUT2D eigenvalue weighted by atomic mass is 10.0. The lowest BCUT2D eigenvalue weighted by Gasteiger charge is -2.10. The maximum absolute atomic E-state index is 11.6. The van der Waals surface area contributed by atoms with Crippen molar-refractivity contribution in [3.63, 3.8) is 0 Å². The zero-order valence-electron chi connectivity index (χ0n) is 12.7. The molecule has 1 N–H and O–H groups in total. The summed E-state index contributed by atoms with van der Waals surface area (Å²) in [6.07, 6.45) is 5.84. The smallest absolute Gasteiger partial charge is 0.336 e. The molecule has 4 nitrogen and oxygen atoms in total. The van der Waals surface area contributed by atoms with E-state index >= 15 is 0 Å². The Morgan fingerprint density at radius 2 is 2.18 bits per heavy atom. The van der Waals surface area contributed by atoms with Crippen molar-refractivity contribution in [3.05, 3.63) is 59.4 Å². The summed E-state index contributed by atoms with van der Waals surface area (Å²) in [5, 5.41) is 9.47. The van der Waals surface area contributed by atoms with Gasteiger partial charge in [-0.1, -0.05) is 19.1 Å². The number of ether oxygens (including phenoxy) is 1. The first-order chi connectivity index (χ1) is 10.6. The summed E-state index contributed by atoms with van der Waals surface area (Å²) >= 11 is 0. The Labute approximate surface area is 130 Å². The fourth-order valence-corrected chi connectivity index (χ4v) is 2.09. The van der Waals surface area contributed by atoms with Gasteiger partial charge in [0, 0.05) is 12.4 Å². The molecule has 0 aliphatic heterocycles. The Morgan fingerprint density at radius 1 is 1.36 bits per heavy atom. The van der Waals surface area contributed by atoms with Crippen molar-refractivity contribution in [1.82, 2.24) is 4.98 Å². The standard InChI is InChI=1S/C18H19NO3/c1-3-9-22-17-7-6-15(10-13(17)2)16(18(20)21)11-14-5-4-8-19-12-14/h4-8,10-12H,3,9H2,1-2H3,(H,20,21)/b16-11-. The first kappa shape index (κ1) is 15.8. The van der Waals surface area contributed by atoms with Gasteiger partial charge in [0.05, 0.1) is 12.2 Å². The van der Waals surface area contributed by atoms with Crippen molar-refractivity contribution in [3.8, 4) is 5.75 Å². The van der Waals surface area contributed by atoms with Crippen LogP contribution in [0, 0.1) is 6.92 Å². The van der Waals surface area contributed by atoms with Crippen LogP contribution in [0.25, 0.3) is 11.6 Å². The van der Waals surface area contributed by atoms with Gasteiger partial charge in [0.2, 0.25) is 0 Å². The normalized spacial score (nSPS) is 11.3. The molecule has 0 fully saturated rings. The van der Waals surface area contributed by atoms with Gasteiger partial charge in [0.1, 0.15) is 5.75 Å². The molecule has 114 valence electrons. The molecule has 22 heavy (non-hydrogen) atoms. The monoisotopic (exact) mass is 297 g/mol. The molecule has 0 saturated heterocycles. The van der Waals surface area contributed by atoms with Gasteiger partial charge in [0.15, 0.2) is 0 Å². The van der Waals surface area contributed by atoms with E-state index in [9.17, 15) is 9.90 Å². The van der Waals surface area contributed by atoms with Crippen LogP contribution in [-0.2, 0) is 4.79 Å². The van der Waals surface area contributed by atoms with E-state index in [0.29, 0.717) is 12.2 Å². The number of hydrogen-bond acceptors (Lipinski definition) is 3. The summed E-state index contributed by atoms with van der Waals surface area (Å²) in [6, 6.07) is 9.02. The minimum atomic E-state index is -0.967. The SMILES string of the molecule is CCCOc1ccc(/C(=C/c2cccnc2)C(=O)O)cc1C. The Kier molecular flexibility index (Phi) is 5.31. The van der Waals surface area contributed by atoms with Crippen molar-refractivity contribution < 1.29 is 14.6 Å². The molecule has 0 atom stereocenters. The number of carboxylic acids is 1. The zero-order valence-corrected chi connectivity index (χ0v) is 12.7. The van der Waals surface area contributed by atoms with E-state index in [-0.39, 0.29) is 5.57 Å². The van der Waals surface area contributed by atoms with E-state index in [4.69, 9.17) is 4.74 Å². The van der Waals surface area contributed by atoms with Crippen LogP contribution in [0.1, 0.15) is 30.0 Å². The van der Waals surface area contributed by atoms with E-state index < -0.39 is 5.97 Å². The predicted octanol–water partition coefficient (Wildman–Crippen LogP) is 3.80. The van der Waals surface area contributed by atoms with Crippen molar-refractivity contribution in [1.29, 1.82) is 0 Å². The molecule has 1 heterocycles. The van der Waals surface area contributed by atoms with Crippen LogP contribution < -0.4 is 4.74 Å². The molecule has 0 bridgehead atoms. The summed E-state index contributed by atoms with van der Waals surface area (Å²) < 4.78 is 5.62. The maximum atomic E-state index is 11.6. The molecule has 0 aliphatic rings. The maximum Gasteiger partial charge on any atom is 0.336 e. The molecule has 4 heteroatoms. The molecule has 0 radical (unpaired) electrons. The summed E-state index contributed by atoms with van der Waals surface area (Å²) in [5.74, 6) is -0.179. The van der Waals surface area contributed by atoms with E-state index in [2.05, 4.69) is 4.98 Å². The lowest BCUT2D eigenvalue weighted by Crippen LogP contribution is -2.02. The summed E-state index contributed by atoms with van der Waals surface area (Å²) in [7, 11) is 0. The highest BCUT2D eigenvalue weighted by Crippen LogP contribution is 2.25. The quantitative estimate of drug-likeness (QED) is 0.824. The van der Waals surface area contributed by atoms with E-state index in [1.807, 2.05) is 32.0 Å². The second-order valence-corrected chi connectivity index (χ2v) is 4.98. The number of nitrogens with zero attached hydrogens (tertiary/aromatic N) is 1. The van der Waals surface area contributed by atoms with Gasteiger partial charge in [0.25, 0.3) is 0 Å². The number of carboxylic acid groups (broad SMARTS) is 1. The van der Waals surface area contributed by atoms with Crippen molar-refractivity contribution in [2.75, 3.05) is 6.61 Å². The van der Waals surface area contributed by atoms with Crippen LogP contribution >= 0.6 is 0 Å². The number of pyridine rings is 1. The van der Waals surface area contributed by atoms with Gasteiger partial charge in [-0.05, 0) is 54.3 Å². The molecular weight excluding hydrogens is 278 g/mol. The Hall–Kier alpha value is -2.62. The number of aliphatic carboxylic acids is 1. The van der Waals surface area contributed by atoms with E-state index in [0.717, 1.165) is 23.3 Å². The van der Waals surface area contributed by atoms with Crippen LogP contribution in [0.4, 0.5) is 0 Å². The Morgan fingerprint density at radius 3 is 2.77 bits per heavy atom. The third kappa shape index (κ3) is 3.95. The topological polar surface area (TPSA) is 59.4 Å². The molecule has 1 aromatic carbocycles. The van der Waals surface area contributed by atoms with Crippen molar-refractivity contribution >= 4 is 17.6 Å². The average molecular weight is 297 g/mol. The molecule has 1 aromatic heterocycles. The molecule has 0 saturated carbocycles. The number of rotatable bonds is 6. The van der Waals surface area contributed by atoms with E-state index in [1.54, 1.807) is 30.6 Å². The van der Waals surface area contributed by atoms with Gasteiger partial charge < -0.3 is 9.84 Å². The predicted molar refractivity (Wildman–Crippen MR) is 86.7 cm³/mol. The summed E-state index contributed by atoms with van der Waals surface area (Å²) in [4.78, 5) is 15.6. The first-order valence-electron chi connectivity index (χ1n) is 7.20. The number of benzene rings is 1. The highest BCUT2D eigenvalue weighted by molar-refractivity contribution is 6.20. The first-order valence-corrected chi connectivity index (χ1v) is 7.20. The number of aromatic nitrogens is 1. The lowest BCUT2D eigenvalue weighted by molar-refractivity contribution is -0.130. The highest BCUT2D eigenvalue weighted by atomic mass is 16.5. The second kappa shape index (κ2) is 7.41. The fourth-order valence-electron chi connectivity index (χ4n) is 2.09. The third-order valence-electron chi connectivity index (χ3n) is 3.17. The van der Waals surface area contributed by atoms with Crippen molar-refractivity contribution in [2.45, 2.75) is 20.3 Å². The van der Waals surface area contributed by atoms with Crippen molar-refractivity contribution in [2.24, 2.45) is 0 Å². The number of carbonyl (C=O) groups is 1. The van der Waals surface area contributed by atoms with E-state index in [1.165, 1.54) is 0 Å². The summed E-state index contributed by atoms with van der Waals surface area (Å²) in [6.45, 7) is 4.61. The summed E-state index contributed by atoms with van der Waals surface area (Å²) in [5.41, 5.74) is 2.56. The van der Waals surface area contributed by atoms with Gasteiger partial charge in [-0.2, -0.15) is 0 Å². The molecule has 0 unspecified atom stereocenters.